The lowest BCUT2D eigenvalue weighted by atomic mass is 10.2. The Morgan fingerprint density at radius 2 is 1.82 bits per heavy atom. The van der Waals surface area contributed by atoms with Crippen LogP contribution in [0.15, 0.2) is 24.3 Å². The minimum Gasteiger partial charge on any atom is -0.399 e. The van der Waals surface area contributed by atoms with Gasteiger partial charge in [-0.25, -0.2) is 0 Å². The molecule has 6 heteroatoms. The van der Waals surface area contributed by atoms with Crippen molar-refractivity contribution in [1.29, 1.82) is 0 Å². The van der Waals surface area contributed by atoms with Crippen LogP contribution in [-0.2, 0) is 0 Å². The SMILES string of the molecule is Cl.Cl.Nc1cccc(C(=O)NCCCN2CCCCCC2)c1. The predicted molar refractivity (Wildman–Crippen MR) is 97.2 cm³/mol. The van der Waals surface area contributed by atoms with Gasteiger partial charge in [-0.15, -0.1) is 24.8 Å². The molecule has 2 rings (SSSR count). The van der Waals surface area contributed by atoms with Crippen LogP contribution in [0.25, 0.3) is 0 Å². The van der Waals surface area contributed by atoms with Gasteiger partial charge in [0.15, 0.2) is 0 Å². The Bertz CT molecular complexity index is 435. The topological polar surface area (TPSA) is 58.4 Å². The van der Waals surface area contributed by atoms with E-state index in [1.54, 1.807) is 18.2 Å². The molecule has 3 N–H and O–H groups in total. The number of carbonyl (C=O) groups excluding carboxylic acids is 1. The number of nitrogens with zero attached hydrogens (tertiary/aromatic N) is 1. The van der Waals surface area contributed by atoms with Crippen molar-refractivity contribution in [1.82, 2.24) is 10.2 Å². The van der Waals surface area contributed by atoms with Gasteiger partial charge in [0.2, 0.25) is 0 Å². The van der Waals surface area contributed by atoms with Gasteiger partial charge in [-0.05, 0) is 57.1 Å². The quantitative estimate of drug-likeness (QED) is 0.635. The lowest BCUT2D eigenvalue weighted by molar-refractivity contribution is 0.0951. The number of nitrogen functional groups attached to an aromatic ring is 1. The van der Waals surface area contributed by atoms with E-state index in [-0.39, 0.29) is 30.7 Å². The third-order valence-electron chi connectivity index (χ3n) is 3.78. The fourth-order valence-corrected chi connectivity index (χ4v) is 2.65. The van der Waals surface area contributed by atoms with Crippen molar-refractivity contribution in [3.8, 4) is 0 Å². The van der Waals surface area contributed by atoms with E-state index in [9.17, 15) is 4.79 Å². The fourth-order valence-electron chi connectivity index (χ4n) is 2.65. The second kappa shape index (κ2) is 11.6. The van der Waals surface area contributed by atoms with Crippen LogP contribution >= 0.6 is 24.8 Å². The van der Waals surface area contributed by atoms with E-state index in [4.69, 9.17) is 5.73 Å². The van der Waals surface area contributed by atoms with Crippen LogP contribution in [0.1, 0.15) is 42.5 Å². The summed E-state index contributed by atoms with van der Waals surface area (Å²) in [7, 11) is 0. The first kappa shape index (κ1) is 21.0. The summed E-state index contributed by atoms with van der Waals surface area (Å²) in [6, 6.07) is 7.10. The largest absolute Gasteiger partial charge is 0.399 e. The number of hydrogen-bond acceptors (Lipinski definition) is 3. The van der Waals surface area contributed by atoms with Gasteiger partial charge in [-0.1, -0.05) is 18.9 Å². The number of anilines is 1. The number of likely N-dealkylation sites (tertiary alicyclic amines) is 1. The molecule has 0 bridgehead atoms. The van der Waals surface area contributed by atoms with Gasteiger partial charge < -0.3 is 16.0 Å². The maximum absolute atomic E-state index is 11.9. The average molecular weight is 348 g/mol. The van der Waals surface area contributed by atoms with Gasteiger partial charge in [-0.2, -0.15) is 0 Å². The molecule has 0 atom stereocenters. The molecule has 0 aliphatic carbocycles. The number of nitrogens with one attached hydrogen (secondary N) is 1. The van der Waals surface area contributed by atoms with Crippen molar-refractivity contribution >= 4 is 36.4 Å². The minimum atomic E-state index is -0.0341. The Morgan fingerprint density at radius 1 is 1.14 bits per heavy atom. The lowest BCUT2D eigenvalue weighted by Gasteiger charge is -2.19. The highest BCUT2D eigenvalue weighted by Crippen LogP contribution is 2.09. The highest BCUT2D eigenvalue weighted by molar-refractivity contribution is 5.94. The van der Waals surface area contributed by atoms with Crippen molar-refractivity contribution in [3.05, 3.63) is 29.8 Å². The molecule has 4 nitrogen and oxygen atoms in total. The second-order valence-electron chi connectivity index (χ2n) is 5.49. The van der Waals surface area contributed by atoms with Crippen molar-refractivity contribution < 1.29 is 4.79 Å². The van der Waals surface area contributed by atoms with E-state index in [1.807, 2.05) is 6.07 Å². The van der Waals surface area contributed by atoms with Crippen LogP contribution in [0.4, 0.5) is 5.69 Å². The van der Waals surface area contributed by atoms with Crippen LogP contribution in [0, 0.1) is 0 Å². The molecule has 0 saturated carbocycles. The molecule has 1 aromatic rings. The molecule has 1 aliphatic heterocycles. The highest BCUT2D eigenvalue weighted by Gasteiger charge is 2.09. The third kappa shape index (κ3) is 7.34. The molecule has 1 aliphatic rings. The molecule has 1 amide bonds. The number of nitrogens with two attached hydrogens (primary N) is 1. The van der Waals surface area contributed by atoms with Crippen molar-refractivity contribution in [2.24, 2.45) is 0 Å². The molecule has 1 saturated heterocycles. The zero-order valence-electron chi connectivity index (χ0n) is 12.9. The van der Waals surface area contributed by atoms with E-state index in [0.29, 0.717) is 11.3 Å². The van der Waals surface area contributed by atoms with E-state index in [2.05, 4.69) is 10.2 Å². The van der Waals surface area contributed by atoms with E-state index >= 15 is 0 Å². The van der Waals surface area contributed by atoms with E-state index < -0.39 is 0 Å². The van der Waals surface area contributed by atoms with Crippen LogP contribution in [-0.4, -0.2) is 37.0 Å². The molecule has 1 heterocycles. The standard InChI is InChI=1S/C16H25N3O.2ClH/c17-15-8-5-7-14(13-15)16(20)18-9-6-12-19-10-3-1-2-4-11-19;;/h5,7-8,13H,1-4,6,9-12,17H2,(H,18,20);2*1H. The molecule has 0 spiro atoms. The molecule has 126 valence electrons. The van der Waals surface area contributed by atoms with Gasteiger partial charge >= 0.3 is 0 Å². The van der Waals surface area contributed by atoms with Gasteiger partial charge in [0.05, 0.1) is 0 Å². The normalized spacial score (nSPS) is 15.1. The summed E-state index contributed by atoms with van der Waals surface area (Å²) >= 11 is 0. The number of amides is 1. The maximum Gasteiger partial charge on any atom is 0.251 e. The summed E-state index contributed by atoms with van der Waals surface area (Å²) in [4.78, 5) is 14.4. The third-order valence-corrected chi connectivity index (χ3v) is 3.78. The van der Waals surface area contributed by atoms with Crippen LogP contribution in [0.3, 0.4) is 0 Å². The van der Waals surface area contributed by atoms with Crippen LogP contribution in [0.5, 0.6) is 0 Å². The number of benzene rings is 1. The molecule has 1 fully saturated rings. The molecule has 0 radical (unpaired) electrons. The van der Waals surface area contributed by atoms with Crippen molar-refractivity contribution in [2.45, 2.75) is 32.1 Å². The Balaban J connectivity index is 0.00000220. The molecular formula is C16H27Cl2N3O. The van der Waals surface area contributed by atoms with Crippen LogP contribution < -0.4 is 11.1 Å². The summed E-state index contributed by atoms with van der Waals surface area (Å²) in [6.07, 6.45) is 6.37. The van der Waals surface area contributed by atoms with Gasteiger partial charge in [0.1, 0.15) is 0 Å². The Kier molecular flexibility index (Phi) is 11.1. The molecule has 0 unspecified atom stereocenters. The highest BCUT2D eigenvalue weighted by atomic mass is 35.5. The first-order chi connectivity index (χ1) is 9.75. The summed E-state index contributed by atoms with van der Waals surface area (Å²) in [5.41, 5.74) is 6.94. The number of halogens is 2. The maximum atomic E-state index is 11.9. The average Bonchev–Trinajstić information content (AvgIpc) is 2.72. The second-order valence-corrected chi connectivity index (χ2v) is 5.49. The number of hydrogen-bond donors (Lipinski definition) is 2. The zero-order valence-corrected chi connectivity index (χ0v) is 14.6. The Morgan fingerprint density at radius 3 is 2.45 bits per heavy atom. The first-order valence-electron chi connectivity index (χ1n) is 7.62. The molecule has 1 aromatic carbocycles. The lowest BCUT2D eigenvalue weighted by Crippen LogP contribution is -2.30. The minimum absolute atomic E-state index is 0. The van der Waals surface area contributed by atoms with Crippen molar-refractivity contribution in [3.63, 3.8) is 0 Å². The molecular weight excluding hydrogens is 321 g/mol. The monoisotopic (exact) mass is 347 g/mol. The van der Waals surface area contributed by atoms with Gasteiger partial charge in [-0.3, -0.25) is 4.79 Å². The Hall–Kier alpha value is -0.970. The summed E-state index contributed by atoms with van der Waals surface area (Å²) in [6.45, 7) is 4.23. The fraction of sp³-hybridized carbons (Fsp3) is 0.562. The van der Waals surface area contributed by atoms with Crippen molar-refractivity contribution in [2.75, 3.05) is 31.9 Å². The summed E-state index contributed by atoms with van der Waals surface area (Å²) in [5.74, 6) is -0.0341. The number of rotatable bonds is 5. The van der Waals surface area contributed by atoms with E-state index in [1.165, 1.54) is 38.8 Å². The summed E-state index contributed by atoms with van der Waals surface area (Å²) in [5, 5.41) is 2.96. The van der Waals surface area contributed by atoms with Gasteiger partial charge in [0.25, 0.3) is 5.91 Å². The Labute approximate surface area is 145 Å². The molecule has 22 heavy (non-hydrogen) atoms. The van der Waals surface area contributed by atoms with Gasteiger partial charge in [0, 0.05) is 17.8 Å². The number of carbonyl (C=O) groups is 1. The molecule has 0 aromatic heterocycles. The first-order valence-corrected chi connectivity index (χ1v) is 7.62. The van der Waals surface area contributed by atoms with Crippen LogP contribution in [0.2, 0.25) is 0 Å². The van der Waals surface area contributed by atoms with E-state index in [0.717, 1.165) is 19.5 Å². The predicted octanol–water partition coefficient (Wildman–Crippen LogP) is 3.11. The smallest absolute Gasteiger partial charge is 0.251 e. The summed E-state index contributed by atoms with van der Waals surface area (Å²) < 4.78 is 0. The zero-order chi connectivity index (χ0) is 14.2.